The molecule has 0 aliphatic carbocycles. The van der Waals surface area contributed by atoms with Crippen LogP contribution in [0.4, 0.5) is 5.82 Å². The predicted molar refractivity (Wildman–Crippen MR) is 128 cm³/mol. The number of thiophene rings is 1. The number of aryl methyl sites for hydroxylation is 1. The minimum atomic E-state index is -3.13. The van der Waals surface area contributed by atoms with Crippen molar-refractivity contribution in [3.63, 3.8) is 0 Å². The van der Waals surface area contributed by atoms with E-state index in [-0.39, 0.29) is 0 Å². The Morgan fingerprint density at radius 3 is 2.39 bits per heavy atom. The van der Waals surface area contributed by atoms with Crippen molar-refractivity contribution in [1.29, 1.82) is 0 Å². The summed E-state index contributed by atoms with van der Waals surface area (Å²) in [5, 5.41) is 0. The Morgan fingerprint density at radius 2 is 1.73 bits per heavy atom. The number of aromatic nitrogens is 4. The number of sulfonamides is 1. The minimum absolute atomic E-state index is 0.528. The molecule has 0 N–H and O–H groups in total. The molecular weight excluding hydrogens is 462 g/mol. The first-order chi connectivity index (χ1) is 15.9. The van der Waals surface area contributed by atoms with Crippen molar-refractivity contribution in [2.24, 2.45) is 0 Å². The Labute approximate surface area is 197 Å². The maximum Gasteiger partial charge on any atom is 0.211 e. The molecule has 176 valence electrons. The normalized spacial score (nSPS) is 18.8. The molecule has 0 spiro atoms. The Kier molecular flexibility index (Phi) is 6.27. The summed E-state index contributed by atoms with van der Waals surface area (Å²) in [5.41, 5.74) is 2.90. The van der Waals surface area contributed by atoms with Gasteiger partial charge in [0.2, 0.25) is 10.0 Å². The van der Waals surface area contributed by atoms with Gasteiger partial charge >= 0.3 is 0 Å². The molecule has 0 amide bonds. The molecule has 5 rings (SSSR count). The summed E-state index contributed by atoms with van der Waals surface area (Å²) in [4.78, 5) is 23.9. The van der Waals surface area contributed by atoms with Crippen molar-refractivity contribution < 1.29 is 13.2 Å². The van der Waals surface area contributed by atoms with Gasteiger partial charge in [-0.25, -0.2) is 28.4 Å². The lowest BCUT2D eigenvalue weighted by molar-refractivity contribution is 0.122. The summed E-state index contributed by atoms with van der Waals surface area (Å²) in [5.74, 6) is 1.56. The molecule has 0 saturated carbocycles. The van der Waals surface area contributed by atoms with Crippen LogP contribution >= 0.6 is 11.3 Å². The topological polar surface area (TPSA) is 105 Å². The zero-order chi connectivity index (χ0) is 23.0. The quantitative estimate of drug-likeness (QED) is 0.525. The van der Waals surface area contributed by atoms with E-state index in [0.29, 0.717) is 32.1 Å². The molecule has 2 aliphatic rings. The molecule has 0 bridgehead atoms. The summed E-state index contributed by atoms with van der Waals surface area (Å²) >= 11 is 1.74. The van der Waals surface area contributed by atoms with Crippen LogP contribution in [0, 0.1) is 6.92 Å². The monoisotopic (exact) mass is 489 g/mol. The molecule has 2 aliphatic heterocycles. The lowest BCUT2D eigenvalue weighted by Gasteiger charge is -2.33. The molecule has 3 aromatic rings. The van der Waals surface area contributed by atoms with Gasteiger partial charge in [-0.2, -0.15) is 4.31 Å². The standard InChI is InChI=1S/C21H27N7O3S2/c1-15-17(13-26-3-5-28(6-4-26)33(2,29)30)32-19-18(15)24-20(16-11-22-14-23-12-16)25-21(19)27-7-9-31-10-8-27/h11-12,14H,3-10,13H2,1-2H3. The summed E-state index contributed by atoms with van der Waals surface area (Å²) in [6, 6.07) is 0. The van der Waals surface area contributed by atoms with Crippen molar-refractivity contribution in [3.05, 3.63) is 29.2 Å². The minimum Gasteiger partial charge on any atom is -0.378 e. The summed E-state index contributed by atoms with van der Waals surface area (Å²) in [6.45, 7) is 8.31. The number of piperazine rings is 1. The Bertz CT molecular complexity index is 1240. The van der Waals surface area contributed by atoms with E-state index >= 15 is 0 Å². The molecule has 5 heterocycles. The van der Waals surface area contributed by atoms with Gasteiger partial charge in [-0.1, -0.05) is 0 Å². The highest BCUT2D eigenvalue weighted by Gasteiger charge is 2.26. The van der Waals surface area contributed by atoms with Crippen LogP contribution in [0.2, 0.25) is 0 Å². The average molecular weight is 490 g/mol. The maximum atomic E-state index is 11.8. The van der Waals surface area contributed by atoms with Crippen LogP contribution in [-0.2, 0) is 21.3 Å². The number of fused-ring (bicyclic) bond motifs is 1. The van der Waals surface area contributed by atoms with Crippen LogP contribution in [0.15, 0.2) is 18.7 Å². The maximum absolute atomic E-state index is 11.8. The Morgan fingerprint density at radius 1 is 1.03 bits per heavy atom. The molecule has 2 saturated heterocycles. The van der Waals surface area contributed by atoms with Gasteiger partial charge in [-0.3, -0.25) is 4.90 Å². The van der Waals surface area contributed by atoms with Crippen LogP contribution in [-0.4, -0.2) is 96.3 Å². The molecule has 0 atom stereocenters. The summed E-state index contributed by atoms with van der Waals surface area (Å²) < 4.78 is 31.9. The number of rotatable bonds is 5. The molecule has 0 radical (unpaired) electrons. The van der Waals surface area contributed by atoms with Crippen LogP contribution in [0.5, 0.6) is 0 Å². The lowest BCUT2D eigenvalue weighted by atomic mass is 10.2. The molecular formula is C21H27N7O3S2. The molecule has 3 aromatic heterocycles. The fourth-order valence-corrected chi connectivity index (χ4v) is 6.36. The average Bonchev–Trinajstić information content (AvgIpc) is 3.14. The third kappa shape index (κ3) is 4.71. The third-order valence-electron chi connectivity index (χ3n) is 6.14. The van der Waals surface area contributed by atoms with E-state index in [1.807, 2.05) is 0 Å². The smallest absolute Gasteiger partial charge is 0.211 e. The van der Waals surface area contributed by atoms with Crippen LogP contribution < -0.4 is 4.90 Å². The second-order valence-electron chi connectivity index (χ2n) is 8.36. The van der Waals surface area contributed by atoms with E-state index in [1.54, 1.807) is 28.0 Å². The first kappa shape index (κ1) is 22.5. The fourth-order valence-electron chi connectivity index (χ4n) is 4.22. The summed E-state index contributed by atoms with van der Waals surface area (Å²) in [6.07, 6.45) is 6.25. The number of nitrogens with zero attached hydrogens (tertiary/aromatic N) is 7. The van der Waals surface area contributed by atoms with Gasteiger partial charge in [0.25, 0.3) is 0 Å². The van der Waals surface area contributed by atoms with E-state index in [2.05, 4.69) is 26.7 Å². The van der Waals surface area contributed by atoms with Crippen molar-refractivity contribution in [2.75, 3.05) is 63.6 Å². The zero-order valence-electron chi connectivity index (χ0n) is 18.8. The molecule has 33 heavy (non-hydrogen) atoms. The molecule has 0 aromatic carbocycles. The number of ether oxygens (including phenoxy) is 1. The lowest BCUT2D eigenvalue weighted by Crippen LogP contribution is -2.47. The van der Waals surface area contributed by atoms with E-state index in [0.717, 1.165) is 59.9 Å². The Balaban J connectivity index is 1.49. The molecule has 10 nitrogen and oxygen atoms in total. The van der Waals surface area contributed by atoms with Crippen LogP contribution in [0.3, 0.4) is 0 Å². The third-order valence-corrected chi connectivity index (χ3v) is 8.71. The number of hydrogen-bond donors (Lipinski definition) is 0. The molecule has 12 heteroatoms. The number of hydrogen-bond acceptors (Lipinski definition) is 10. The fraction of sp³-hybridized carbons (Fsp3) is 0.524. The van der Waals surface area contributed by atoms with Crippen molar-refractivity contribution in [2.45, 2.75) is 13.5 Å². The van der Waals surface area contributed by atoms with Gasteiger partial charge in [0, 0.05) is 63.1 Å². The SMILES string of the molecule is Cc1c(CN2CCN(S(C)(=O)=O)CC2)sc2c(N3CCOCC3)nc(-c3cncnc3)nc12. The predicted octanol–water partition coefficient (Wildman–Crippen LogP) is 1.37. The van der Waals surface area contributed by atoms with E-state index in [1.165, 1.54) is 17.5 Å². The van der Waals surface area contributed by atoms with Gasteiger partial charge in [0.1, 0.15) is 6.33 Å². The van der Waals surface area contributed by atoms with Gasteiger partial charge in [0.15, 0.2) is 11.6 Å². The van der Waals surface area contributed by atoms with Crippen molar-refractivity contribution in [3.8, 4) is 11.4 Å². The van der Waals surface area contributed by atoms with E-state index in [9.17, 15) is 8.42 Å². The van der Waals surface area contributed by atoms with E-state index in [4.69, 9.17) is 14.7 Å². The van der Waals surface area contributed by atoms with Crippen molar-refractivity contribution in [1.82, 2.24) is 29.1 Å². The van der Waals surface area contributed by atoms with Crippen molar-refractivity contribution >= 4 is 37.4 Å². The first-order valence-corrected chi connectivity index (χ1v) is 13.6. The highest BCUT2D eigenvalue weighted by Crippen LogP contribution is 2.38. The van der Waals surface area contributed by atoms with Crippen LogP contribution in [0.1, 0.15) is 10.4 Å². The molecule has 0 unspecified atom stereocenters. The Hall–Kier alpha value is -2.25. The van der Waals surface area contributed by atoms with Gasteiger partial charge in [-0.15, -0.1) is 11.3 Å². The van der Waals surface area contributed by atoms with Crippen LogP contribution in [0.25, 0.3) is 21.6 Å². The van der Waals surface area contributed by atoms with Gasteiger partial charge in [-0.05, 0) is 12.5 Å². The highest BCUT2D eigenvalue weighted by atomic mass is 32.2. The second-order valence-corrected chi connectivity index (χ2v) is 11.5. The summed E-state index contributed by atoms with van der Waals surface area (Å²) in [7, 11) is -3.13. The first-order valence-electron chi connectivity index (χ1n) is 11.0. The molecule has 2 fully saturated rings. The number of anilines is 1. The zero-order valence-corrected chi connectivity index (χ0v) is 20.4. The van der Waals surface area contributed by atoms with Gasteiger partial charge in [0.05, 0.1) is 35.2 Å². The largest absolute Gasteiger partial charge is 0.378 e. The number of morpholine rings is 1. The van der Waals surface area contributed by atoms with Gasteiger partial charge < -0.3 is 9.64 Å². The van der Waals surface area contributed by atoms with E-state index < -0.39 is 10.0 Å². The highest BCUT2D eigenvalue weighted by molar-refractivity contribution is 7.88. The second kappa shape index (κ2) is 9.18.